The van der Waals surface area contributed by atoms with Crippen LogP contribution in [0.25, 0.3) is 16.8 Å². The standard InChI is InChI=1S/C19H12Cl2O/c20-17-6-3-7-18(21)16(17)10-11-19(22)15-9-8-13-4-1-2-5-14(13)12-15/h1-12H/b11-10-. The predicted octanol–water partition coefficient (Wildman–Crippen LogP) is 6.04. The normalized spacial score (nSPS) is 11.2. The minimum Gasteiger partial charge on any atom is -0.289 e. The van der Waals surface area contributed by atoms with Gasteiger partial charge in [-0.3, -0.25) is 4.79 Å². The van der Waals surface area contributed by atoms with E-state index >= 15 is 0 Å². The summed E-state index contributed by atoms with van der Waals surface area (Å²) in [6.07, 6.45) is 3.15. The zero-order valence-corrected chi connectivity index (χ0v) is 13.1. The van der Waals surface area contributed by atoms with Crippen LogP contribution >= 0.6 is 23.2 Å². The van der Waals surface area contributed by atoms with E-state index in [9.17, 15) is 4.79 Å². The number of rotatable bonds is 3. The number of carbonyl (C=O) groups is 1. The molecule has 3 heteroatoms. The van der Waals surface area contributed by atoms with Gasteiger partial charge in [0.1, 0.15) is 0 Å². The Balaban J connectivity index is 1.91. The van der Waals surface area contributed by atoms with Gasteiger partial charge < -0.3 is 0 Å². The van der Waals surface area contributed by atoms with Crippen LogP contribution in [0.3, 0.4) is 0 Å². The third-order valence-electron chi connectivity index (χ3n) is 3.44. The van der Waals surface area contributed by atoms with Gasteiger partial charge in [-0.25, -0.2) is 0 Å². The summed E-state index contributed by atoms with van der Waals surface area (Å²) in [5.74, 6) is -0.0817. The highest BCUT2D eigenvalue weighted by Crippen LogP contribution is 2.25. The van der Waals surface area contributed by atoms with E-state index in [-0.39, 0.29) is 5.78 Å². The minimum atomic E-state index is -0.0817. The van der Waals surface area contributed by atoms with Crippen molar-refractivity contribution in [1.29, 1.82) is 0 Å². The van der Waals surface area contributed by atoms with Gasteiger partial charge in [0.2, 0.25) is 0 Å². The van der Waals surface area contributed by atoms with Crippen LogP contribution < -0.4 is 0 Å². The first-order valence-corrected chi connectivity index (χ1v) is 7.56. The van der Waals surface area contributed by atoms with E-state index in [1.807, 2.05) is 42.5 Å². The molecule has 3 aromatic rings. The predicted molar refractivity (Wildman–Crippen MR) is 93.8 cm³/mol. The first kappa shape index (κ1) is 14.8. The molecular formula is C19H12Cl2O. The highest BCUT2D eigenvalue weighted by Gasteiger charge is 2.05. The van der Waals surface area contributed by atoms with Gasteiger partial charge in [-0.15, -0.1) is 0 Å². The second-order valence-electron chi connectivity index (χ2n) is 4.89. The van der Waals surface area contributed by atoms with E-state index in [1.165, 1.54) is 6.08 Å². The van der Waals surface area contributed by atoms with Crippen molar-refractivity contribution < 1.29 is 4.79 Å². The van der Waals surface area contributed by atoms with Gasteiger partial charge in [0.05, 0.1) is 0 Å². The van der Waals surface area contributed by atoms with Crippen LogP contribution in [0.2, 0.25) is 10.0 Å². The maximum atomic E-state index is 12.3. The molecule has 0 fully saturated rings. The fraction of sp³-hybridized carbons (Fsp3) is 0. The van der Waals surface area contributed by atoms with Crippen molar-refractivity contribution in [2.45, 2.75) is 0 Å². The number of allylic oxidation sites excluding steroid dienone is 1. The number of ketones is 1. The average Bonchev–Trinajstić information content (AvgIpc) is 2.53. The molecule has 3 rings (SSSR count). The largest absolute Gasteiger partial charge is 0.289 e. The van der Waals surface area contributed by atoms with Gasteiger partial charge >= 0.3 is 0 Å². The number of hydrogen-bond acceptors (Lipinski definition) is 1. The summed E-state index contributed by atoms with van der Waals surface area (Å²) in [5, 5.41) is 3.19. The van der Waals surface area contributed by atoms with Gasteiger partial charge in [0.25, 0.3) is 0 Å². The lowest BCUT2D eigenvalue weighted by Gasteiger charge is -2.02. The van der Waals surface area contributed by atoms with Crippen molar-refractivity contribution in [3.05, 3.63) is 87.9 Å². The van der Waals surface area contributed by atoms with Crippen LogP contribution in [0, 0.1) is 0 Å². The second kappa shape index (κ2) is 6.35. The Morgan fingerprint density at radius 2 is 1.50 bits per heavy atom. The quantitative estimate of drug-likeness (QED) is 0.423. The van der Waals surface area contributed by atoms with Crippen LogP contribution in [0.5, 0.6) is 0 Å². The summed E-state index contributed by atoms with van der Waals surface area (Å²) in [4.78, 5) is 12.3. The summed E-state index contributed by atoms with van der Waals surface area (Å²) in [5.41, 5.74) is 1.29. The first-order valence-electron chi connectivity index (χ1n) is 6.80. The Bertz CT molecular complexity index is 861. The summed E-state index contributed by atoms with van der Waals surface area (Å²) in [7, 11) is 0. The third-order valence-corrected chi connectivity index (χ3v) is 4.09. The molecule has 0 aliphatic rings. The van der Waals surface area contributed by atoms with Crippen LogP contribution in [-0.4, -0.2) is 5.78 Å². The third kappa shape index (κ3) is 3.06. The number of carbonyl (C=O) groups excluding carboxylic acids is 1. The lowest BCUT2D eigenvalue weighted by molar-refractivity contribution is 0.104. The molecule has 0 N–H and O–H groups in total. The molecule has 0 unspecified atom stereocenters. The van der Waals surface area contributed by atoms with Crippen LogP contribution in [0.1, 0.15) is 15.9 Å². The Hall–Kier alpha value is -2.09. The number of hydrogen-bond donors (Lipinski definition) is 0. The molecule has 22 heavy (non-hydrogen) atoms. The van der Waals surface area contributed by atoms with Gasteiger partial charge in [0, 0.05) is 21.2 Å². The molecule has 0 saturated carbocycles. The second-order valence-corrected chi connectivity index (χ2v) is 5.71. The van der Waals surface area contributed by atoms with Crippen LogP contribution in [0.4, 0.5) is 0 Å². The molecule has 3 aromatic carbocycles. The molecule has 108 valence electrons. The van der Waals surface area contributed by atoms with E-state index in [2.05, 4.69) is 0 Å². The Labute approximate surface area is 138 Å². The number of fused-ring (bicyclic) bond motifs is 1. The van der Waals surface area contributed by atoms with Gasteiger partial charge in [-0.2, -0.15) is 0 Å². The fourth-order valence-electron chi connectivity index (χ4n) is 2.27. The van der Waals surface area contributed by atoms with Crippen molar-refractivity contribution in [2.75, 3.05) is 0 Å². The zero-order chi connectivity index (χ0) is 15.5. The molecule has 1 nitrogen and oxygen atoms in total. The molecular weight excluding hydrogens is 315 g/mol. The molecule has 0 heterocycles. The zero-order valence-electron chi connectivity index (χ0n) is 11.6. The highest BCUT2D eigenvalue weighted by molar-refractivity contribution is 6.37. The molecule has 0 aliphatic carbocycles. The van der Waals surface area contributed by atoms with Crippen LogP contribution in [-0.2, 0) is 0 Å². The maximum absolute atomic E-state index is 12.3. The Morgan fingerprint density at radius 3 is 2.23 bits per heavy atom. The molecule has 0 aromatic heterocycles. The van der Waals surface area contributed by atoms with Crippen LogP contribution in [0.15, 0.2) is 66.7 Å². The summed E-state index contributed by atoms with van der Waals surface area (Å²) in [6, 6.07) is 18.8. The molecule has 0 atom stereocenters. The van der Waals surface area contributed by atoms with E-state index < -0.39 is 0 Å². The lowest BCUT2D eigenvalue weighted by atomic mass is 10.0. The van der Waals surface area contributed by atoms with Crippen molar-refractivity contribution in [3.8, 4) is 0 Å². The van der Waals surface area contributed by atoms with E-state index in [0.717, 1.165) is 10.8 Å². The molecule has 0 aliphatic heterocycles. The molecule has 0 bridgehead atoms. The average molecular weight is 327 g/mol. The Morgan fingerprint density at radius 1 is 0.818 bits per heavy atom. The van der Waals surface area contributed by atoms with E-state index in [1.54, 1.807) is 24.3 Å². The van der Waals surface area contributed by atoms with E-state index in [4.69, 9.17) is 23.2 Å². The fourth-order valence-corrected chi connectivity index (χ4v) is 2.79. The molecule has 0 spiro atoms. The van der Waals surface area contributed by atoms with Crippen molar-refractivity contribution >= 4 is 45.8 Å². The minimum absolute atomic E-state index is 0.0817. The number of halogens is 2. The molecule has 0 amide bonds. The highest BCUT2D eigenvalue weighted by atomic mass is 35.5. The van der Waals surface area contributed by atoms with E-state index in [0.29, 0.717) is 21.2 Å². The van der Waals surface area contributed by atoms with Gasteiger partial charge in [0.15, 0.2) is 5.78 Å². The topological polar surface area (TPSA) is 17.1 Å². The molecule has 0 radical (unpaired) electrons. The van der Waals surface area contributed by atoms with Gasteiger partial charge in [-0.1, -0.05) is 65.7 Å². The summed E-state index contributed by atoms with van der Waals surface area (Å²) >= 11 is 12.2. The molecule has 0 saturated heterocycles. The smallest absolute Gasteiger partial charge is 0.185 e. The van der Waals surface area contributed by atoms with Gasteiger partial charge in [-0.05, 0) is 41.1 Å². The lowest BCUT2D eigenvalue weighted by Crippen LogP contribution is -1.94. The summed E-state index contributed by atoms with van der Waals surface area (Å²) in [6.45, 7) is 0. The number of benzene rings is 3. The first-order chi connectivity index (χ1) is 10.6. The van der Waals surface area contributed by atoms with Crippen molar-refractivity contribution in [1.82, 2.24) is 0 Å². The summed E-state index contributed by atoms with van der Waals surface area (Å²) < 4.78 is 0. The Kier molecular flexibility index (Phi) is 4.28. The van der Waals surface area contributed by atoms with Crippen molar-refractivity contribution in [3.63, 3.8) is 0 Å². The maximum Gasteiger partial charge on any atom is 0.185 e. The monoisotopic (exact) mass is 326 g/mol. The van der Waals surface area contributed by atoms with Crippen molar-refractivity contribution in [2.24, 2.45) is 0 Å². The SMILES string of the molecule is O=C(/C=C\c1c(Cl)cccc1Cl)c1ccc2ccccc2c1.